The molecule has 1 aliphatic rings. The summed E-state index contributed by atoms with van der Waals surface area (Å²) >= 11 is 0. The van der Waals surface area contributed by atoms with Crippen LogP contribution in [0.1, 0.15) is 22.3 Å². The minimum Gasteiger partial charge on any atom is -0.343 e. The van der Waals surface area contributed by atoms with E-state index in [4.69, 9.17) is 4.18 Å². The first-order valence-corrected chi connectivity index (χ1v) is 9.39. The fourth-order valence-corrected chi connectivity index (χ4v) is 3.14. The number of hydrogen-bond acceptors (Lipinski definition) is 5. The second-order valence-electron chi connectivity index (χ2n) is 5.81. The number of nitrogens with zero attached hydrogens (tertiary/aromatic N) is 1. The van der Waals surface area contributed by atoms with Crippen molar-refractivity contribution >= 4 is 21.9 Å². The van der Waals surface area contributed by atoms with Gasteiger partial charge in [0.15, 0.2) is 0 Å². The molecule has 144 valence electrons. The zero-order chi connectivity index (χ0) is 19.5. The van der Waals surface area contributed by atoms with Crippen molar-refractivity contribution in [2.45, 2.75) is 18.7 Å². The fraction of sp³-hybridized carbons (Fsp3) is 0.467. The van der Waals surface area contributed by atoms with E-state index in [1.54, 1.807) is 0 Å². The van der Waals surface area contributed by atoms with Crippen molar-refractivity contribution in [1.82, 2.24) is 10.2 Å². The quantitative estimate of drug-likeness (QED) is 0.753. The van der Waals surface area contributed by atoms with Crippen LogP contribution in [0.2, 0.25) is 0 Å². The summed E-state index contributed by atoms with van der Waals surface area (Å²) in [7, 11) is -3.63. The number of carbonyl (C=O) groups is 2. The number of likely N-dealkylation sites (tertiary alicyclic amines) is 1. The third-order valence-corrected chi connectivity index (χ3v) is 4.28. The molecular formula is C15H17F3N2O5S. The van der Waals surface area contributed by atoms with Gasteiger partial charge in [-0.05, 0) is 24.6 Å². The second kappa shape index (κ2) is 7.62. The summed E-state index contributed by atoms with van der Waals surface area (Å²) in [5.41, 5.74) is -1.18. The second-order valence-corrected chi connectivity index (χ2v) is 7.41. The van der Waals surface area contributed by atoms with Crippen LogP contribution in [-0.2, 0) is 25.3 Å². The third-order valence-electron chi connectivity index (χ3n) is 3.66. The van der Waals surface area contributed by atoms with Gasteiger partial charge in [0.1, 0.15) is 0 Å². The number of hydrogen-bond donors (Lipinski definition) is 1. The molecule has 0 aromatic heterocycles. The Bertz CT molecular complexity index is 795. The Morgan fingerprint density at radius 3 is 2.65 bits per heavy atom. The standard InChI is InChI=1S/C15H17F3N2O5S/c1-26(23,24)25-12-5-6-20(9-12)13(21)8-19-14(22)10-3-2-4-11(7-10)15(16,17)18/h2-4,7,12H,5-6,8-9H2,1H3,(H,19,22). The van der Waals surface area contributed by atoms with Crippen LogP contribution in [0.25, 0.3) is 0 Å². The lowest BCUT2D eigenvalue weighted by Crippen LogP contribution is -2.39. The number of alkyl halides is 3. The van der Waals surface area contributed by atoms with Crippen molar-refractivity contribution in [2.24, 2.45) is 0 Å². The summed E-state index contributed by atoms with van der Waals surface area (Å²) < 4.78 is 64.9. The molecule has 2 amide bonds. The molecule has 2 rings (SSSR count). The molecule has 1 saturated heterocycles. The van der Waals surface area contributed by atoms with E-state index in [1.165, 1.54) is 11.0 Å². The number of benzene rings is 1. The molecule has 11 heteroatoms. The van der Waals surface area contributed by atoms with Gasteiger partial charge in [0.25, 0.3) is 16.0 Å². The predicted molar refractivity (Wildman–Crippen MR) is 84.7 cm³/mol. The lowest BCUT2D eigenvalue weighted by molar-refractivity contribution is -0.137. The molecule has 0 aliphatic carbocycles. The van der Waals surface area contributed by atoms with Gasteiger partial charge in [-0.3, -0.25) is 13.8 Å². The van der Waals surface area contributed by atoms with Crippen molar-refractivity contribution in [3.63, 3.8) is 0 Å². The van der Waals surface area contributed by atoms with Crippen molar-refractivity contribution in [3.8, 4) is 0 Å². The Morgan fingerprint density at radius 1 is 1.35 bits per heavy atom. The lowest BCUT2D eigenvalue weighted by atomic mass is 10.1. The van der Waals surface area contributed by atoms with Gasteiger partial charge < -0.3 is 10.2 Å². The van der Waals surface area contributed by atoms with Crippen LogP contribution in [0.3, 0.4) is 0 Å². The molecule has 0 bridgehead atoms. The SMILES string of the molecule is CS(=O)(=O)OC1CCN(C(=O)CNC(=O)c2cccc(C(F)(F)F)c2)C1. The van der Waals surface area contributed by atoms with Crippen molar-refractivity contribution in [2.75, 3.05) is 25.9 Å². The number of amides is 2. The summed E-state index contributed by atoms with van der Waals surface area (Å²) in [6, 6.07) is 3.85. The maximum absolute atomic E-state index is 12.7. The summed E-state index contributed by atoms with van der Waals surface area (Å²) in [4.78, 5) is 25.3. The summed E-state index contributed by atoms with van der Waals surface area (Å²) in [6.45, 7) is -0.0928. The Balaban J connectivity index is 1.89. The van der Waals surface area contributed by atoms with Crippen LogP contribution >= 0.6 is 0 Å². The number of rotatable bonds is 5. The van der Waals surface area contributed by atoms with E-state index in [9.17, 15) is 31.2 Å². The van der Waals surface area contributed by atoms with Gasteiger partial charge in [0.2, 0.25) is 5.91 Å². The average molecular weight is 394 g/mol. The molecule has 1 aromatic rings. The van der Waals surface area contributed by atoms with E-state index in [1.807, 2.05) is 0 Å². The first kappa shape index (κ1) is 20.2. The zero-order valence-electron chi connectivity index (χ0n) is 13.7. The first-order chi connectivity index (χ1) is 12.0. The number of nitrogens with one attached hydrogen (secondary N) is 1. The van der Waals surface area contributed by atoms with Gasteiger partial charge in [-0.15, -0.1) is 0 Å². The van der Waals surface area contributed by atoms with E-state index in [2.05, 4.69) is 5.32 Å². The number of carbonyl (C=O) groups excluding carboxylic acids is 2. The molecule has 26 heavy (non-hydrogen) atoms. The molecule has 1 fully saturated rings. The van der Waals surface area contributed by atoms with E-state index < -0.39 is 46.3 Å². The predicted octanol–water partition coefficient (Wildman–Crippen LogP) is 1.01. The normalized spacial score (nSPS) is 18.0. The van der Waals surface area contributed by atoms with Gasteiger partial charge in [-0.25, -0.2) is 0 Å². The molecule has 1 atom stereocenters. The first-order valence-electron chi connectivity index (χ1n) is 7.57. The third kappa shape index (κ3) is 5.70. The van der Waals surface area contributed by atoms with Gasteiger partial charge in [0, 0.05) is 18.7 Å². The summed E-state index contributed by atoms with van der Waals surface area (Å²) in [5, 5.41) is 2.26. The highest BCUT2D eigenvalue weighted by atomic mass is 32.2. The zero-order valence-corrected chi connectivity index (χ0v) is 14.6. The minimum atomic E-state index is -4.57. The minimum absolute atomic E-state index is 0.0608. The molecule has 1 aliphatic heterocycles. The molecule has 1 aromatic carbocycles. The van der Waals surface area contributed by atoms with Crippen LogP contribution < -0.4 is 5.32 Å². The van der Waals surface area contributed by atoms with Crippen molar-refractivity contribution in [3.05, 3.63) is 35.4 Å². The summed E-state index contributed by atoms with van der Waals surface area (Å²) in [5.74, 6) is -1.29. The van der Waals surface area contributed by atoms with Crippen molar-refractivity contribution < 1.29 is 35.4 Å². The molecule has 0 radical (unpaired) electrons. The molecule has 0 saturated carbocycles. The largest absolute Gasteiger partial charge is 0.416 e. The highest BCUT2D eigenvalue weighted by Crippen LogP contribution is 2.29. The van der Waals surface area contributed by atoms with Gasteiger partial charge in [0.05, 0.1) is 24.5 Å². The lowest BCUT2D eigenvalue weighted by Gasteiger charge is -2.16. The van der Waals surface area contributed by atoms with Crippen LogP contribution in [0.15, 0.2) is 24.3 Å². The van der Waals surface area contributed by atoms with E-state index in [0.717, 1.165) is 18.4 Å². The van der Waals surface area contributed by atoms with E-state index >= 15 is 0 Å². The van der Waals surface area contributed by atoms with Crippen LogP contribution in [0, 0.1) is 0 Å². The monoisotopic (exact) mass is 394 g/mol. The van der Waals surface area contributed by atoms with Crippen LogP contribution in [0.4, 0.5) is 13.2 Å². The van der Waals surface area contributed by atoms with Crippen LogP contribution in [-0.4, -0.2) is 57.1 Å². The highest BCUT2D eigenvalue weighted by molar-refractivity contribution is 7.86. The van der Waals surface area contributed by atoms with Gasteiger partial charge >= 0.3 is 6.18 Å². The maximum atomic E-state index is 12.7. The highest BCUT2D eigenvalue weighted by Gasteiger charge is 2.31. The molecular weight excluding hydrogens is 377 g/mol. The average Bonchev–Trinajstić information content (AvgIpc) is 2.98. The number of halogens is 3. The van der Waals surface area contributed by atoms with E-state index in [-0.39, 0.29) is 18.7 Å². The van der Waals surface area contributed by atoms with Crippen molar-refractivity contribution in [1.29, 1.82) is 0 Å². The topological polar surface area (TPSA) is 92.8 Å². The van der Waals surface area contributed by atoms with Crippen LogP contribution in [0.5, 0.6) is 0 Å². The van der Waals surface area contributed by atoms with E-state index in [0.29, 0.717) is 12.5 Å². The summed E-state index contributed by atoms with van der Waals surface area (Å²) in [6.07, 6.45) is -3.98. The molecule has 1 N–H and O–H groups in total. The smallest absolute Gasteiger partial charge is 0.343 e. The Morgan fingerprint density at radius 2 is 2.04 bits per heavy atom. The fourth-order valence-electron chi connectivity index (χ4n) is 2.49. The van der Waals surface area contributed by atoms with Gasteiger partial charge in [-0.1, -0.05) is 6.07 Å². The molecule has 0 spiro atoms. The molecule has 7 nitrogen and oxygen atoms in total. The Kier molecular flexibility index (Phi) is 5.91. The maximum Gasteiger partial charge on any atom is 0.416 e. The Hall–Kier alpha value is -2.14. The molecule has 1 unspecified atom stereocenters. The van der Waals surface area contributed by atoms with Gasteiger partial charge in [-0.2, -0.15) is 21.6 Å². The molecule has 1 heterocycles. The Labute approximate surface area is 148 Å².